The van der Waals surface area contributed by atoms with Crippen molar-refractivity contribution < 1.29 is 9.53 Å². The average molecular weight is 251 g/mol. The molecule has 0 amide bonds. The van der Waals surface area contributed by atoms with Gasteiger partial charge < -0.3 is 10.5 Å². The predicted molar refractivity (Wildman–Crippen MR) is 74.1 cm³/mol. The number of esters is 1. The van der Waals surface area contributed by atoms with E-state index in [1.807, 2.05) is 12.2 Å². The van der Waals surface area contributed by atoms with Crippen LogP contribution in [0, 0.1) is 5.41 Å². The van der Waals surface area contributed by atoms with E-state index in [4.69, 9.17) is 10.5 Å². The summed E-state index contributed by atoms with van der Waals surface area (Å²) in [4.78, 5) is 11.3. The molecule has 1 rings (SSSR count). The Bertz CT molecular complexity index is 361. The molecule has 0 saturated heterocycles. The minimum absolute atomic E-state index is 0.111. The Balaban J connectivity index is 2.56. The number of methoxy groups -OCH3 is 1. The number of hydrogen-bond donors (Lipinski definition) is 1. The van der Waals surface area contributed by atoms with Gasteiger partial charge in [-0.2, -0.15) is 0 Å². The van der Waals surface area contributed by atoms with E-state index in [-0.39, 0.29) is 12.0 Å². The lowest BCUT2D eigenvalue weighted by molar-refractivity contribution is -0.136. The molecule has 102 valence electrons. The molecule has 0 fully saturated rings. The van der Waals surface area contributed by atoms with Gasteiger partial charge in [0.05, 0.1) is 7.11 Å². The van der Waals surface area contributed by atoms with E-state index in [0.717, 1.165) is 31.3 Å². The Hall–Kier alpha value is -1.09. The first-order valence-electron chi connectivity index (χ1n) is 6.57. The highest BCUT2D eigenvalue weighted by Crippen LogP contribution is 2.26. The molecule has 0 aromatic rings. The number of rotatable bonds is 4. The average Bonchev–Trinajstić information content (AvgIpc) is 2.34. The van der Waals surface area contributed by atoms with Gasteiger partial charge in [-0.3, -0.25) is 0 Å². The maximum atomic E-state index is 11.3. The molecule has 1 aliphatic rings. The third-order valence-electron chi connectivity index (χ3n) is 3.31. The molecule has 0 aromatic heterocycles. The molecule has 0 heterocycles. The van der Waals surface area contributed by atoms with E-state index in [1.165, 1.54) is 12.7 Å². The largest absolute Gasteiger partial charge is 0.466 e. The molecule has 1 atom stereocenters. The molecule has 0 radical (unpaired) electrons. The van der Waals surface area contributed by atoms with Crippen molar-refractivity contribution in [1.82, 2.24) is 0 Å². The third-order valence-corrected chi connectivity index (χ3v) is 3.31. The van der Waals surface area contributed by atoms with Crippen molar-refractivity contribution in [3.05, 3.63) is 23.3 Å². The summed E-state index contributed by atoms with van der Waals surface area (Å²) < 4.78 is 4.71. The molecule has 3 heteroatoms. The van der Waals surface area contributed by atoms with Crippen LogP contribution in [0.4, 0.5) is 0 Å². The van der Waals surface area contributed by atoms with Gasteiger partial charge in [-0.25, -0.2) is 4.79 Å². The highest BCUT2D eigenvalue weighted by Gasteiger charge is 2.19. The standard InChI is InChI=1S/C15H25NO2/c1-15(2,3)10-9-13(16)11-5-7-12(8-6-11)14(17)18-4/h5,7,13H,6,8-10,16H2,1-4H3. The molecular weight excluding hydrogens is 226 g/mol. The van der Waals surface area contributed by atoms with Crippen molar-refractivity contribution in [3.8, 4) is 0 Å². The van der Waals surface area contributed by atoms with Crippen molar-refractivity contribution in [2.75, 3.05) is 7.11 Å². The second kappa shape index (κ2) is 6.19. The summed E-state index contributed by atoms with van der Waals surface area (Å²) in [6, 6.07) is 0.111. The van der Waals surface area contributed by atoms with Crippen LogP contribution in [-0.2, 0) is 9.53 Å². The van der Waals surface area contributed by atoms with Crippen LogP contribution in [0.1, 0.15) is 46.5 Å². The molecular formula is C15H25NO2. The van der Waals surface area contributed by atoms with Crippen LogP contribution in [0.3, 0.4) is 0 Å². The molecule has 1 aliphatic carbocycles. The molecule has 0 bridgehead atoms. The van der Waals surface area contributed by atoms with Crippen molar-refractivity contribution in [2.45, 2.75) is 52.5 Å². The summed E-state index contributed by atoms with van der Waals surface area (Å²) in [5.74, 6) is -0.228. The first-order valence-corrected chi connectivity index (χ1v) is 6.57. The summed E-state index contributed by atoms with van der Waals surface area (Å²) in [6.45, 7) is 6.68. The fourth-order valence-corrected chi connectivity index (χ4v) is 2.04. The molecule has 0 aliphatic heterocycles. The maximum Gasteiger partial charge on any atom is 0.333 e. The van der Waals surface area contributed by atoms with E-state index in [9.17, 15) is 4.79 Å². The zero-order chi connectivity index (χ0) is 13.8. The zero-order valence-electron chi connectivity index (χ0n) is 12.0. The van der Waals surface area contributed by atoms with Crippen molar-refractivity contribution >= 4 is 5.97 Å². The second-order valence-electron chi connectivity index (χ2n) is 6.13. The second-order valence-corrected chi connectivity index (χ2v) is 6.13. The fourth-order valence-electron chi connectivity index (χ4n) is 2.04. The van der Waals surface area contributed by atoms with Gasteiger partial charge in [-0.1, -0.05) is 38.5 Å². The van der Waals surface area contributed by atoms with Crippen molar-refractivity contribution in [1.29, 1.82) is 0 Å². The fraction of sp³-hybridized carbons (Fsp3) is 0.667. The van der Waals surface area contributed by atoms with Crippen LogP contribution >= 0.6 is 0 Å². The van der Waals surface area contributed by atoms with Gasteiger partial charge >= 0.3 is 5.97 Å². The van der Waals surface area contributed by atoms with E-state index in [1.54, 1.807) is 0 Å². The van der Waals surface area contributed by atoms with Crippen molar-refractivity contribution in [3.63, 3.8) is 0 Å². The monoisotopic (exact) mass is 251 g/mol. The smallest absolute Gasteiger partial charge is 0.333 e. The molecule has 3 nitrogen and oxygen atoms in total. The van der Waals surface area contributed by atoms with Gasteiger partial charge in [-0.05, 0) is 31.1 Å². The quantitative estimate of drug-likeness (QED) is 0.781. The Morgan fingerprint density at radius 3 is 2.50 bits per heavy atom. The number of carbonyl (C=O) groups is 1. The minimum atomic E-state index is -0.228. The van der Waals surface area contributed by atoms with Gasteiger partial charge in [0.1, 0.15) is 0 Å². The van der Waals surface area contributed by atoms with Crippen LogP contribution in [0.25, 0.3) is 0 Å². The number of nitrogens with two attached hydrogens (primary N) is 1. The van der Waals surface area contributed by atoms with E-state index in [0.29, 0.717) is 5.41 Å². The number of hydrogen-bond acceptors (Lipinski definition) is 3. The van der Waals surface area contributed by atoms with Crippen LogP contribution in [-0.4, -0.2) is 19.1 Å². The van der Waals surface area contributed by atoms with Crippen LogP contribution in [0.15, 0.2) is 23.3 Å². The summed E-state index contributed by atoms with van der Waals surface area (Å²) in [5, 5.41) is 0. The first kappa shape index (κ1) is 15.0. The number of allylic oxidation sites excluding steroid dienone is 2. The molecule has 0 aromatic carbocycles. The van der Waals surface area contributed by atoms with Gasteiger partial charge in [0, 0.05) is 11.6 Å². The molecule has 0 saturated carbocycles. The SMILES string of the molecule is COC(=O)C1=CC=C(C(N)CCC(C)(C)C)CC1. The van der Waals surface area contributed by atoms with E-state index < -0.39 is 0 Å². The van der Waals surface area contributed by atoms with Gasteiger partial charge in [0.2, 0.25) is 0 Å². The zero-order valence-corrected chi connectivity index (χ0v) is 12.0. The third kappa shape index (κ3) is 4.65. The Morgan fingerprint density at radius 2 is 2.06 bits per heavy atom. The molecule has 0 spiro atoms. The van der Waals surface area contributed by atoms with Crippen LogP contribution < -0.4 is 5.73 Å². The van der Waals surface area contributed by atoms with Gasteiger partial charge in [0.15, 0.2) is 0 Å². The van der Waals surface area contributed by atoms with Crippen LogP contribution in [0.2, 0.25) is 0 Å². The number of ether oxygens (including phenoxy) is 1. The lowest BCUT2D eigenvalue weighted by Gasteiger charge is -2.23. The Kier molecular flexibility index (Phi) is 5.15. The molecule has 1 unspecified atom stereocenters. The predicted octanol–water partition coefficient (Wildman–Crippen LogP) is 2.96. The van der Waals surface area contributed by atoms with Crippen LogP contribution in [0.5, 0.6) is 0 Å². The first-order chi connectivity index (χ1) is 8.33. The topological polar surface area (TPSA) is 52.3 Å². The normalized spacial score (nSPS) is 17.8. The Labute approximate surface area is 110 Å². The lowest BCUT2D eigenvalue weighted by atomic mass is 9.85. The van der Waals surface area contributed by atoms with Gasteiger partial charge in [-0.15, -0.1) is 0 Å². The highest BCUT2D eigenvalue weighted by atomic mass is 16.5. The van der Waals surface area contributed by atoms with Gasteiger partial charge in [0.25, 0.3) is 0 Å². The lowest BCUT2D eigenvalue weighted by Crippen LogP contribution is -2.26. The number of carbonyl (C=O) groups excluding carboxylic acids is 1. The summed E-state index contributed by atoms with van der Waals surface area (Å²) in [7, 11) is 1.41. The summed E-state index contributed by atoms with van der Waals surface area (Å²) in [6.07, 6.45) is 7.55. The summed E-state index contributed by atoms with van der Waals surface area (Å²) >= 11 is 0. The molecule has 18 heavy (non-hydrogen) atoms. The van der Waals surface area contributed by atoms with E-state index >= 15 is 0 Å². The summed E-state index contributed by atoms with van der Waals surface area (Å²) in [5.41, 5.74) is 8.50. The van der Waals surface area contributed by atoms with Crippen molar-refractivity contribution in [2.24, 2.45) is 11.1 Å². The minimum Gasteiger partial charge on any atom is -0.466 e. The Morgan fingerprint density at radius 1 is 1.39 bits per heavy atom. The molecule has 2 N–H and O–H groups in total. The van der Waals surface area contributed by atoms with E-state index in [2.05, 4.69) is 20.8 Å². The highest BCUT2D eigenvalue weighted by molar-refractivity contribution is 5.89. The maximum absolute atomic E-state index is 11.3.